The van der Waals surface area contributed by atoms with Gasteiger partial charge < -0.3 is 9.47 Å². The van der Waals surface area contributed by atoms with Gasteiger partial charge in [-0.15, -0.1) is 0 Å². The molecule has 2 atom stereocenters. The van der Waals surface area contributed by atoms with Gasteiger partial charge in [0.25, 0.3) is 0 Å². The standard InChI is InChI=1S/C20H19ClN4O2/c1-12-22-10-17(13-3-6-19(21)24-8-13)20(25-12)27-11-14-7-16(14)18-5-4-15(26-2)9-23-18/h3-6,8-10,14,16H,7,11H2,1-2H3/t14-,16+/m1/s1. The number of methoxy groups -OCH3 is 1. The second-order valence-corrected chi connectivity index (χ2v) is 6.93. The summed E-state index contributed by atoms with van der Waals surface area (Å²) in [4.78, 5) is 17.4. The third kappa shape index (κ3) is 4.01. The second kappa shape index (κ2) is 7.48. The Morgan fingerprint density at radius 1 is 1.07 bits per heavy atom. The van der Waals surface area contributed by atoms with Crippen LogP contribution >= 0.6 is 11.6 Å². The van der Waals surface area contributed by atoms with Crippen molar-refractivity contribution in [3.05, 3.63) is 59.5 Å². The number of nitrogens with zero attached hydrogens (tertiary/aromatic N) is 4. The third-order valence-corrected chi connectivity index (χ3v) is 4.87. The van der Waals surface area contributed by atoms with E-state index in [9.17, 15) is 0 Å². The maximum Gasteiger partial charge on any atom is 0.224 e. The molecule has 0 amide bonds. The first-order valence-electron chi connectivity index (χ1n) is 8.72. The Kier molecular flexibility index (Phi) is 4.90. The Morgan fingerprint density at radius 2 is 1.96 bits per heavy atom. The molecule has 0 aliphatic heterocycles. The van der Waals surface area contributed by atoms with E-state index in [-0.39, 0.29) is 0 Å². The molecule has 4 rings (SSSR count). The van der Waals surface area contributed by atoms with Crippen LogP contribution in [-0.4, -0.2) is 33.7 Å². The number of rotatable bonds is 6. The first-order valence-corrected chi connectivity index (χ1v) is 9.10. The van der Waals surface area contributed by atoms with Gasteiger partial charge >= 0.3 is 0 Å². The van der Waals surface area contributed by atoms with E-state index in [2.05, 4.69) is 19.9 Å². The maximum absolute atomic E-state index is 6.06. The van der Waals surface area contributed by atoms with Crippen molar-refractivity contribution in [3.63, 3.8) is 0 Å². The number of ether oxygens (including phenoxy) is 2. The fraction of sp³-hybridized carbons (Fsp3) is 0.300. The van der Waals surface area contributed by atoms with Crippen molar-refractivity contribution in [2.75, 3.05) is 13.7 Å². The monoisotopic (exact) mass is 382 g/mol. The van der Waals surface area contributed by atoms with Crippen LogP contribution in [0.4, 0.5) is 0 Å². The molecule has 3 aromatic rings. The molecule has 0 bridgehead atoms. The van der Waals surface area contributed by atoms with Gasteiger partial charge in [0.15, 0.2) is 0 Å². The first kappa shape index (κ1) is 17.7. The molecule has 1 aliphatic carbocycles. The van der Waals surface area contributed by atoms with Gasteiger partial charge in [0.05, 0.1) is 25.5 Å². The normalized spacial score (nSPS) is 18.2. The van der Waals surface area contributed by atoms with Gasteiger partial charge in [0.1, 0.15) is 16.7 Å². The topological polar surface area (TPSA) is 70.0 Å². The molecule has 3 heterocycles. The molecule has 3 aromatic heterocycles. The number of hydrogen-bond donors (Lipinski definition) is 0. The zero-order valence-corrected chi connectivity index (χ0v) is 15.8. The molecule has 138 valence electrons. The smallest absolute Gasteiger partial charge is 0.224 e. The summed E-state index contributed by atoms with van der Waals surface area (Å²) < 4.78 is 11.2. The molecule has 1 aliphatic rings. The summed E-state index contributed by atoms with van der Waals surface area (Å²) >= 11 is 5.88. The van der Waals surface area contributed by atoms with Crippen LogP contribution in [0.3, 0.4) is 0 Å². The highest BCUT2D eigenvalue weighted by Crippen LogP contribution is 2.47. The Bertz CT molecular complexity index is 932. The molecule has 0 aromatic carbocycles. The van der Waals surface area contributed by atoms with Gasteiger partial charge in [-0.25, -0.2) is 9.97 Å². The average Bonchev–Trinajstić information content (AvgIpc) is 3.47. The Labute approximate surface area is 162 Å². The second-order valence-electron chi connectivity index (χ2n) is 6.54. The van der Waals surface area contributed by atoms with Crippen molar-refractivity contribution in [2.45, 2.75) is 19.3 Å². The summed E-state index contributed by atoms with van der Waals surface area (Å²) in [7, 11) is 1.64. The SMILES string of the molecule is COc1ccc([C@H]2C[C@@H]2COc2nc(C)ncc2-c2ccc(Cl)nc2)nc1. The minimum absolute atomic E-state index is 0.416. The summed E-state index contributed by atoms with van der Waals surface area (Å²) in [5, 5.41) is 0.446. The zero-order valence-electron chi connectivity index (χ0n) is 15.1. The molecule has 27 heavy (non-hydrogen) atoms. The Balaban J connectivity index is 1.45. The molecule has 0 saturated heterocycles. The molecule has 0 radical (unpaired) electrons. The van der Waals surface area contributed by atoms with Crippen LogP contribution in [0.1, 0.15) is 23.9 Å². The fourth-order valence-corrected chi connectivity index (χ4v) is 3.12. The number of pyridine rings is 2. The minimum atomic E-state index is 0.416. The number of halogens is 1. The molecule has 0 spiro atoms. The quantitative estimate of drug-likeness (QED) is 0.598. The van der Waals surface area contributed by atoms with E-state index in [4.69, 9.17) is 21.1 Å². The van der Waals surface area contributed by atoms with Crippen LogP contribution < -0.4 is 9.47 Å². The van der Waals surface area contributed by atoms with E-state index in [0.717, 1.165) is 29.0 Å². The van der Waals surface area contributed by atoms with E-state index >= 15 is 0 Å². The van der Waals surface area contributed by atoms with Crippen molar-refractivity contribution < 1.29 is 9.47 Å². The Hall–Kier alpha value is -2.73. The average molecular weight is 383 g/mol. The molecule has 6 nitrogen and oxygen atoms in total. The number of aryl methyl sites for hydroxylation is 1. The third-order valence-electron chi connectivity index (χ3n) is 4.64. The van der Waals surface area contributed by atoms with Crippen molar-refractivity contribution in [1.29, 1.82) is 0 Å². The molecular formula is C20H19ClN4O2. The molecule has 0 unspecified atom stereocenters. The minimum Gasteiger partial charge on any atom is -0.495 e. The lowest BCUT2D eigenvalue weighted by Gasteiger charge is -2.11. The van der Waals surface area contributed by atoms with E-state index < -0.39 is 0 Å². The van der Waals surface area contributed by atoms with Gasteiger partial charge in [-0.1, -0.05) is 11.6 Å². The van der Waals surface area contributed by atoms with Crippen LogP contribution in [-0.2, 0) is 0 Å². The van der Waals surface area contributed by atoms with E-state index in [1.165, 1.54) is 0 Å². The van der Waals surface area contributed by atoms with E-state index in [1.54, 1.807) is 31.8 Å². The van der Waals surface area contributed by atoms with Crippen molar-refractivity contribution in [2.24, 2.45) is 5.92 Å². The van der Waals surface area contributed by atoms with Crippen molar-refractivity contribution in [3.8, 4) is 22.8 Å². The Morgan fingerprint density at radius 3 is 2.67 bits per heavy atom. The predicted molar refractivity (Wildman–Crippen MR) is 102 cm³/mol. The molecule has 7 heteroatoms. The first-order chi connectivity index (χ1) is 13.1. The molecule has 0 N–H and O–H groups in total. The zero-order chi connectivity index (χ0) is 18.8. The predicted octanol–water partition coefficient (Wildman–Crippen LogP) is 4.09. The van der Waals surface area contributed by atoms with Crippen LogP contribution in [0.2, 0.25) is 5.15 Å². The highest BCUT2D eigenvalue weighted by atomic mass is 35.5. The largest absolute Gasteiger partial charge is 0.495 e. The molecular weight excluding hydrogens is 364 g/mol. The van der Waals surface area contributed by atoms with Gasteiger partial charge in [-0.3, -0.25) is 4.98 Å². The van der Waals surface area contributed by atoms with Crippen molar-refractivity contribution >= 4 is 11.6 Å². The summed E-state index contributed by atoms with van der Waals surface area (Å²) in [5.74, 6) is 2.85. The van der Waals surface area contributed by atoms with Gasteiger partial charge in [-0.05, 0) is 37.6 Å². The summed E-state index contributed by atoms with van der Waals surface area (Å²) in [6.07, 6.45) is 6.27. The lowest BCUT2D eigenvalue weighted by molar-refractivity contribution is 0.285. The van der Waals surface area contributed by atoms with Crippen LogP contribution in [0.5, 0.6) is 11.6 Å². The highest BCUT2D eigenvalue weighted by Gasteiger charge is 2.40. The molecule has 1 saturated carbocycles. The van der Waals surface area contributed by atoms with Crippen LogP contribution in [0.15, 0.2) is 42.9 Å². The van der Waals surface area contributed by atoms with Gasteiger partial charge in [-0.2, -0.15) is 4.98 Å². The van der Waals surface area contributed by atoms with Crippen LogP contribution in [0.25, 0.3) is 11.1 Å². The number of aromatic nitrogens is 4. The summed E-state index contributed by atoms with van der Waals surface area (Å²) in [6.45, 7) is 2.43. The summed E-state index contributed by atoms with van der Waals surface area (Å²) in [6, 6.07) is 7.59. The molecule has 1 fully saturated rings. The fourth-order valence-electron chi connectivity index (χ4n) is 3.00. The van der Waals surface area contributed by atoms with Crippen molar-refractivity contribution in [1.82, 2.24) is 19.9 Å². The summed E-state index contributed by atoms with van der Waals surface area (Å²) in [5.41, 5.74) is 2.76. The number of hydrogen-bond acceptors (Lipinski definition) is 6. The lowest BCUT2D eigenvalue weighted by atomic mass is 10.1. The lowest BCUT2D eigenvalue weighted by Crippen LogP contribution is -2.05. The van der Waals surface area contributed by atoms with E-state index in [0.29, 0.717) is 35.3 Å². The van der Waals surface area contributed by atoms with Crippen LogP contribution in [0, 0.1) is 12.8 Å². The van der Waals surface area contributed by atoms with Gasteiger partial charge in [0, 0.05) is 35.5 Å². The maximum atomic E-state index is 6.06. The highest BCUT2D eigenvalue weighted by molar-refractivity contribution is 6.29. The van der Waals surface area contributed by atoms with Gasteiger partial charge in [0.2, 0.25) is 5.88 Å². The van der Waals surface area contributed by atoms with E-state index in [1.807, 2.05) is 25.1 Å².